The maximum Gasteiger partial charge on any atom is 0.189 e. The third kappa shape index (κ3) is 4.41. The molecule has 1 unspecified atom stereocenters. The summed E-state index contributed by atoms with van der Waals surface area (Å²) in [6.45, 7) is 4.13. The molecule has 0 radical (unpaired) electrons. The number of nitrogens with zero attached hydrogens (tertiary/aromatic N) is 1. The Morgan fingerprint density at radius 2 is 2.38 bits per heavy atom. The second-order valence-corrected chi connectivity index (χ2v) is 4.83. The van der Waals surface area contributed by atoms with Crippen molar-refractivity contribution in [2.45, 2.75) is 38.8 Å². The zero-order valence-electron chi connectivity index (χ0n) is 8.42. The van der Waals surface area contributed by atoms with Crippen molar-refractivity contribution < 1.29 is 0 Å². The van der Waals surface area contributed by atoms with Crippen molar-refractivity contribution in [3.05, 3.63) is 0 Å². The highest BCUT2D eigenvalue weighted by atomic mass is 32.2. The lowest BCUT2D eigenvalue weighted by Gasteiger charge is -2.18. The van der Waals surface area contributed by atoms with Crippen LogP contribution in [0.3, 0.4) is 0 Å². The fourth-order valence-electron chi connectivity index (χ4n) is 1.36. The average molecular weight is 201 g/mol. The fourth-order valence-corrected chi connectivity index (χ4v) is 2.41. The maximum atomic E-state index is 5.74. The molecule has 0 saturated carbocycles. The summed E-state index contributed by atoms with van der Waals surface area (Å²) >= 11 is 1.97. The molecule has 1 saturated heterocycles. The molecule has 4 heteroatoms. The van der Waals surface area contributed by atoms with Gasteiger partial charge in [-0.05, 0) is 32.4 Å². The van der Waals surface area contributed by atoms with Gasteiger partial charge in [-0.3, -0.25) is 0 Å². The van der Waals surface area contributed by atoms with Crippen LogP contribution in [0.25, 0.3) is 0 Å². The SMILES string of the molecule is CC(C)NC(N)=NC1CCCSC1. The number of hydrogen-bond donors (Lipinski definition) is 2. The molecule has 1 fully saturated rings. The fraction of sp³-hybridized carbons (Fsp3) is 0.889. The highest BCUT2D eigenvalue weighted by Crippen LogP contribution is 2.19. The molecular weight excluding hydrogens is 182 g/mol. The second-order valence-electron chi connectivity index (χ2n) is 3.68. The molecule has 3 N–H and O–H groups in total. The standard InChI is InChI=1S/C9H19N3S/c1-7(2)11-9(10)12-8-4-3-5-13-6-8/h7-8H,3-6H2,1-2H3,(H3,10,11,12). The van der Waals surface area contributed by atoms with Crippen LogP contribution in [0.1, 0.15) is 26.7 Å². The van der Waals surface area contributed by atoms with Crippen LogP contribution in [0.15, 0.2) is 4.99 Å². The normalized spacial score (nSPS) is 24.8. The summed E-state index contributed by atoms with van der Waals surface area (Å²) in [6.07, 6.45) is 2.46. The van der Waals surface area contributed by atoms with Crippen molar-refractivity contribution in [3.63, 3.8) is 0 Å². The highest BCUT2D eigenvalue weighted by Gasteiger charge is 2.12. The quantitative estimate of drug-likeness (QED) is 0.521. The van der Waals surface area contributed by atoms with Gasteiger partial charge in [0, 0.05) is 11.8 Å². The van der Waals surface area contributed by atoms with Crippen LogP contribution < -0.4 is 11.1 Å². The molecule has 3 nitrogen and oxygen atoms in total. The van der Waals surface area contributed by atoms with Crippen molar-refractivity contribution in [2.75, 3.05) is 11.5 Å². The van der Waals surface area contributed by atoms with Crippen molar-refractivity contribution in [1.82, 2.24) is 5.32 Å². The van der Waals surface area contributed by atoms with E-state index in [1.807, 2.05) is 11.8 Å². The smallest absolute Gasteiger partial charge is 0.189 e. The molecule has 0 spiro atoms. The van der Waals surface area contributed by atoms with Gasteiger partial charge in [0.1, 0.15) is 0 Å². The molecule has 1 heterocycles. The van der Waals surface area contributed by atoms with Gasteiger partial charge in [-0.15, -0.1) is 0 Å². The van der Waals surface area contributed by atoms with E-state index in [9.17, 15) is 0 Å². The topological polar surface area (TPSA) is 50.4 Å². The third-order valence-corrected chi connectivity index (χ3v) is 3.09. The predicted octanol–water partition coefficient (Wildman–Crippen LogP) is 1.19. The Kier molecular flexibility index (Phi) is 4.42. The Hall–Kier alpha value is -0.380. The van der Waals surface area contributed by atoms with Crippen LogP contribution in [-0.4, -0.2) is 29.5 Å². The van der Waals surface area contributed by atoms with Crippen LogP contribution in [0.5, 0.6) is 0 Å². The van der Waals surface area contributed by atoms with Gasteiger partial charge >= 0.3 is 0 Å². The van der Waals surface area contributed by atoms with Crippen molar-refractivity contribution in [1.29, 1.82) is 0 Å². The number of hydrogen-bond acceptors (Lipinski definition) is 2. The van der Waals surface area contributed by atoms with Crippen LogP contribution >= 0.6 is 11.8 Å². The molecule has 0 aliphatic carbocycles. The minimum atomic E-state index is 0.375. The van der Waals surface area contributed by atoms with Crippen molar-refractivity contribution in [3.8, 4) is 0 Å². The Labute approximate surface area is 84.6 Å². The van der Waals surface area contributed by atoms with Gasteiger partial charge in [0.25, 0.3) is 0 Å². The Bertz CT molecular complexity index is 174. The van der Waals surface area contributed by atoms with E-state index in [-0.39, 0.29) is 0 Å². The number of nitrogens with two attached hydrogens (primary N) is 1. The summed E-state index contributed by atoms with van der Waals surface area (Å²) in [6, 6.07) is 0.810. The molecule has 13 heavy (non-hydrogen) atoms. The molecule has 76 valence electrons. The molecule has 0 amide bonds. The Balaban J connectivity index is 2.34. The first-order valence-electron chi connectivity index (χ1n) is 4.86. The van der Waals surface area contributed by atoms with Crippen molar-refractivity contribution in [2.24, 2.45) is 10.7 Å². The lowest BCUT2D eigenvalue weighted by molar-refractivity contribution is 0.637. The molecule has 0 aromatic rings. The van der Waals surface area contributed by atoms with Crippen LogP contribution in [0.2, 0.25) is 0 Å². The molecule has 1 aliphatic rings. The van der Waals surface area contributed by atoms with E-state index in [0.29, 0.717) is 18.0 Å². The summed E-state index contributed by atoms with van der Waals surface area (Å²) in [4.78, 5) is 4.44. The van der Waals surface area contributed by atoms with Gasteiger partial charge in [0.15, 0.2) is 5.96 Å². The first kappa shape index (κ1) is 10.7. The van der Waals surface area contributed by atoms with Gasteiger partial charge in [-0.1, -0.05) is 0 Å². The highest BCUT2D eigenvalue weighted by molar-refractivity contribution is 7.99. The lowest BCUT2D eigenvalue weighted by atomic mass is 10.2. The van der Waals surface area contributed by atoms with E-state index in [1.54, 1.807) is 0 Å². The number of aliphatic imine (C=N–C) groups is 1. The van der Waals surface area contributed by atoms with E-state index >= 15 is 0 Å². The molecule has 1 atom stereocenters. The minimum Gasteiger partial charge on any atom is -0.370 e. The summed E-state index contributed by atoms with van der Waals surface area (Å²) in [5, 5.41) is 3.11. The molecule has 0 aromatic heterocycles. The van der Waals surface area contributed by atoms with Gasteiger partial charge in [0.2, 0.25) is 0 Å². The first-order chi connectivity index (χ1) is 6.18. The third-order valence-electron chi connectivity index (χ3n) is 1.89. The lowest BCUT2D eigenvalue weighted by Crippen LogP contribution is -2.38. The van der Waals surface area contributed by atoms with Crippen LogP contribution in [0, 0.1) is 0 Å². The largest absolute Gasteiger partial charge is 0.370 e. The van der Waals surface area contributed by atoms with E-state index in [1.165, 1.54) is 18.6 Å². The molecular formula is C9H19N3S. The van der Waals surface area contributed by atoms with E-state index in [4.69, 9.17) is 5.73 Å². The van der Waals surface area contributed by atoms with E-state index in [2.05, 4.69) is 24.2 Å². The van der Waals surface area contributed by atoms with Gasteiger partial charge in [0.05, 0.1) is 6.04 Å². The number of guanidine groups is 1. The van der Waals surface area contributed by atoms with E-state index < -0.39 is 0 Å². The zero-order chi connectivity index (χ0) is 9.68. The first-order valence-corrected chi connectivity index (χ1v) is 6.01. The summed E-state index contributed by atoms with van der Waals surface area (Å²) < 4.78 is 0. The van der Waals surface area contributed by atoms with Gasteiger partial charge in [-0.2, -0.15) is 11.8 Å². The van der Waals surface area contributed by atoms with Gasteiger partial charge in [-0.25, -0.2) is 4.99 Å². The monoisotopic (exact) mass is 201 g/mol. The Morgan fingerprint density at radius 1 is 1.62 bits per heavy atom. The van der Waals surface area contributed by atoms with Crippen LogP contribution in [-0.2, 0) is 0 Å². The second kappa shape index (κ2) is 5.37. The van der Waals surface area contributed by atoms with Gasteiger partial charge < -0.3 is 11.1 Å². The van der Waals surface area contributed by atoms with Crippen LogP contribution in [0.4, 0.5) is 0 Å². The zero-order valence-corrected chi connectivity index (χ0v) is 9.23. The molecule has 0 aromatic carbocycles. The summed E-state index contributed by atoms with van der Waals surface area (Å²) in [5.41, 5.74) is 5.74. The molecule has 1 rings (SSSR count). The Morgan fingerprint density at radius 3 is 2.92 bits per heavy atom. The average Bonchev–Trinajstić information content (AvgIpc) is 2.04. The van der Waals surface area contributed by atoms with E-state index in [0.717, 1.165) is 5.75 Å². The number of thioether (sulfide) groups is 1. The van der Waals surface area contributed by atoms with Crippen molar-refractivity contribution >= 4 is 17.7 Å². The number of nitrogens with one attached hydrogen (secondary N) is 1. The molecule has 0 bridgehead atoms. The number of rotatable bonds is 2. The molecule has 1 aliphatic heterocycles. The predicted molar refractivity (Wildman–Crippen MR) is 60.2 cm³/mol. The maximum absolute atomic E-state index is 5.74. The summed E-state index contributed by atoms with van der Waals surface area (Å²) in [7, 11) is 0. The summed E-state index contributed by atoms with van der Waals surface area (Å²) in [5.74, 6) is 3.01. The minimum absolute atomic E-state index is 0.375.